The van der Waals surface area contributed by atoms with Gasteiger partial charge in [0.05, 0.1) is 24.3 Å². The third-order valence-electron chi connectivity index (χ3n) is 4.74. The normalized spacial score (nSPS) is 11.0. The van der Waals surface area contributed by atoms with Crippen molar-refractivity contribution in [3.63, 3.8) is 0 Å². The maximum absolute atomic E-state index is 12.8. The van der Waals surface area contributed by atoms with Crippen LogP contribution in [-0.4, -0.2) is 46.7 Å². The lowest BCUT2D eigenvalue weighted by Crippen LogP contribution is -2.38. The second-order valence-corrected chi connectivity index (χ2v) is 9.83. The zero-order valence-electron chi connectivity index (χ0n) is 20.3. The number of nitrogens with zero attached hydrogens (tertiary/aromatic N) is 2. The Morgan fingerprint density at radius 1 is 1.08 bits per heavy atom. The standard InChI is InChI=1S/C25H29N5O5S/c1-25(2,3)35-24(33)30(15-16-8-6-7-11-28-16)12-13-34-19-10-5-4-9-17(19)20-14-18(21(26)31)22(36-20)29-23(27)32/h4-11,14H,12-13,15H2,1-3H3,(H2,26,31)(H3,27,29,32). The molecule has 2 aromatic heterocycles. The number of para-hydroxylation sites is 1. The van der Waals surface area contributed by atoms with Crippen LogP contribution < -0.4 is 21.5 Å². The number of nitrogens with two attached hydrogens (primary N) is 2. The molecule has 0 bridgehead atoms. The molecule has 0 spiro atoms. The molecule has 5 N–H and O–H groups in total. The molecular formula is C25H29N5O5S. The predicted molar refractivity (Wildman–Crippen MR) is 138 cm³/mol. The van der Waals surface area contributed by atoms with Crippen LogP contribution in [0.1, 0.15) is 36.8 Å². The van der Waals surface area contributed by atoms with Gasteiger partial charge in [-0.3, -0.25) is 20.0 Å². The van der Waals surface area contributed by atoms with Gasteiger partial charge < -0.3 is 20.9 Å². The number of pyridine rings is 1. The maximum atomic E-state index is 12.8. The van der Waals surface area contributed by atoms with E-state index in [9.17, 15) is 14.4 Å². The molecule has 0 atom stereocenters. The van der Waals surface area contributed by atoms with E-state index in [-0.39, 0.29) is 30.3 Å². The van der Waals surface area contributed by atoms with Gasteiger partial charge in [-0.1, -0.05) is 18.2 Å². The van der Waals surface area contributed by atoms with Gasteiger partial charge in [0.1, 0.15) is 23.0 Å². The first kappa shape index (κ1) is 26.5. The van der Waals surface area contributed by atoms with Crippen LogP contribution >= 0.6 is 11.3 Å². The molecule has 2 heterocycles. The van der Waals surface area contributed by atoms with E-state index in [1.165, 1.54) is 4.90 Å². The molecule has 0 aliphatic heterocycles. The number of aromatic nitrogens is 1. The summed E-state index contributed by atoms with van der Waals surface area (Å²) in [7, 11) is 0. The van der Waals surface area contributed by atoms with Crippen LogP contribution in [0.25, 0.3) is 10.4 Å². The summed E-state index contributed by atoms with van der Waals surface area (Å²) in [6.45, 7) is 6.09. The second-order valence-electron chi connectivity index (χ2n) is 8.77. The average Bonchev–Trinajstić information content (AvgIpc) is 3.21. The third kappa shape index (κ3) is 7.44. The predicted octanol–water partition coefficient (Wildman–Crippen LogP) is 4.22. The number of primary amides is 2. The van der Waals surface area contributed by atoms with Crippen LogP contribution in [0, 0.1) is 0 Å². The number of thiophene rings is 1. The topological polar surface area (TPSA) is 150 Å². The number of nitrogens with one attached hydrogen (secondary N) is 1. The highest BCUT2D eigenvalue weighted by Crippen LogP contribution is 2.39. The molecule has 11 heteroatoms. The van der Waals surface area contributed by atoms with Gasteiger partial charge >= 0.3 is 12.1 Å². The van der Waals surface area contributed by atoms with Crippen molar-refractivity contribution >= 4 is 34.4 Å². The molecule has 3 aromatic rings. The highest BCUT2D eigenvalue weighted by molar-refractivity contribution is 7.20. The van der Waals surface area contributed by atoms with Crippen molar-refractivity contribution < 1.29 is 23.9 Å². The minimum absolute atomic E-state index is 0.148. The number of benzene rings is 1. The van der Waals surface area contributed by atoms with Crippen molar-refractivity contribution in [2.24, 2.45) is 11.5 Å². The number of anilines is 1. The van der Waals surface area contributed by atoms with Crippen LogP contribution in [-0.2, 0) is 11.3 Å². The monoisotopic (exact) mass is 511 g/mol. The molecule has 36 heavy (non-hydrogen) atoms. The molecule has 0 aliphatic rings. The smallest absolute Gasteiger partial charge is 0.410 e. The molecule has 0 radical (unpaired) electrons. The minimum Gasteiger partial charge on any atom is -0.491 e. The highest BCUT2D eigenvalue weighted by atomic mass is 32.1. The van der Waals surface area contributed by atoms with Crippen molar-refractivity contribution in [2.45, 2.75) is 32.9 Å². The van der Waals surface area contributed by atoms with Gasteiger partial charge in [0.15, 0.2) is 0 Å². The van der Waals surface area contributed by atoms with Gasteiger partial charge in [-0.2, -0.15) is 0 Å². The molecule has 4 amide bonds. The third-order valence-corrected chi connectivity index (χ3v) is 5.82. The number of ether oxygens (including phenoxy) is 2. The maximum Gasteiger partial charge on any atom is 0.410 e. The van der Waals surface area contributed by atoms with E-state index in [4.69, 9.17) is 20.9 Å². The molecule has 1 aromatic carbocycles. The molecule has 0 saturated carbocycles. The summed E-state index contributed by atoms with van der Waals surface area (Å²) in [5.74, 6) is -0.162. The molecular weight excluding hydrogens is 482 g/mol. The minimum atomic E-state index is -0.800. The van der Waals surface area contributed by atoms with Crippen LogP contribution in [0.4, 0.5) is 14.6 Å². The van der Waals surface area contributed by atoms with E-state index in [0.717, 1.165) is 17.0 Å². The van der Waals surface area contributed by atoms with Crippen molar-refractivity contribution in [1.82, 2.24) is 9.88 Å². The summed E-state index contributed by atoms with van der Waals surface area (Å²) >= 11 is 1.15. The number of amides is 4. The highest BCUT2D eigenvalue weighted by Gasteiger charge is 2.23. The Balaban J connectivity index is 1.78. The molecule has 0 unspecified atom stereocenters. The summed E-state index contributed by atoms with van der Waals surface area (Å²) in [5, 5.41) is 2.68. The zero-order chi connectivity index (χ0) is 26.3. The molecule has 10 nitrogen and oxygen atoms in total. The van der Waals surface area contributed by atoms with Gasteiger partial charge in [0.25, 0.3) is 5.91 Å². The summed E-state index contributed by atoms with van der Waals surface area (Å²) in [5.41, 5.74) is 11.6. The Morgan fingerprint density at radius 2 is 1.81 bits per heavy atom. The van der Waals surface area contributed by atoms with E-state index in [2.05, 4.69) is 10.3 Å². The summed E-state index contributed by atoms with van der Waals surface area (Å²) in [4.78, 5) is 42.5. The first-order valence-corrected chi connectivity index (χ1v) is 12.0. The summed E-state index contributed by atoms with van der Waals surface area (Å²) in [6.07, 6.45) is 1.19. The second kappa shape index (κ2) is 11.5. The van der Waals surface area contributed by atoms with Crippen LogP contribution in [0.3, 0.4) is 0 Å². The van der Waals surface area contributed by atoms with Crippen LogP contribution in [0.15, 0.2) is 54.7 Å². The van der Waals surface area contributed by atoms with Crippen LogP contribution in [0.5, 0.6) is 5.75 Å². The van der Waals surface area contributed by atoms with Crippen molar-refractivity contribution in [3.8, 4) is 16.2 Å². The van der Waals surface area contributed by atoms with Crippen molar-refractivity contribution in [1.29, 1.82) is 0 Å². The van der Waals surface area contributed by atoms with Gasteiger partial charge in [-0.05, 0) is 51.1 Å². The zero-order valence-corrected chi connectivity index (χ0v) is 21.1. The van der Waals surface area contributed by atoms with Gasteiger partial charge in [-0.25, -0.2) is 9.59 Å². The van der Waals surface area contributed by atoms with E-state index in [0.29, 0.717) is 16.2 Å². The van der Waals surface area contributed by atoms with Crippen molar-refractivity contribution in [2.75, 3.05) is 18.5 Å². The molecule has 0 fully saturated rings. The van der Waals surface area contributed by atoms with Crippen molar-refractivity contribution in [3.05, 3.63) is 66.0 Å². The number of carbonyl (C=O) groups is 3. The number of rotatable bonds is 9. The Labute approximate surface area is 213 Å². The fourth-order valence-electron chi connectivity index (χ4n) is 3.22. The van der Waals surface area contributed by atoms with E-state index >= 15 is 0 Å². The van der Waals surface area contributed by atoms with E-state index < -0.39 is 23.6 Å². The van der Waals surface area contributed by atoms with Gasteiger partial charge in [-0.15, -0.1) is 11.3 Å². The Bertz CT molecular complexity index is 1220. The summed E-state index contributed by atoms with van der Waals surface area (Å²) < 4.78 is 11.6. The quantitative estimate of drug-likeness (QED) is 0.391. The average molecular weight is 512 g/mol. The van der Waals surface area contributed by atoms with E-state index in [1.807, 2.05) is 30.3 Å². The number of hydrogen-bond donors (Lipinski definition) is 3. The fraction of sp³-hybridized carbons (Fsp3) is 0.280. The first-order chi connectivity index (χ1) is 17.0. The SMILES string of the molecule is CC(C)(C)OC(=O)N(CCOc1ccccc1-c1cc(C(N)=O)c(NC(N)=O)s1)Cc1ccccn1. The largest absolute Gasteiger partial charge is 0.491 e. The molecule has 3 rings (SSSR count). The van der Waals surface area contributed by atoms with Gasteiger partial charge in [0.2, 0.25) is 0 Å². The van der Waals surface area contributed by atoms with Crippen LogP contribution in [0.2, 0.25) is 0 Å². The first-order valence-electron chi connectivity index (χ1n) is 11.1. The van der Waals surface area contributed by atoms with E-state index in [1.54, 1.807) is 45.2 Å². The van der Waals surface area contributed by atoms with Gasteiger partial charge in [0, 0.05) is 16.6 Å². The summed E-state index contributed by atoms with van der Waals surface area (Å²) in [6, 6.07) is 13.5. The Kier molecular flexibility index (Phi) is 8.49. The molecule has 0 saturated heterocycles. The molecule has 190 valence electrons. The fourth-order valence-corrected chi connectivity index (χ4v) is 4.32. The lowest BCUT2D eigenvalue weighted by Gasteiger charge is -2.27. The number of carbonyl (C=O) groups excluding carboxylic acids is 3. The number of hydrogen-bond acceptors (Lipinski definition) is 7. The Morgan fingerprint density at radius 3 is 2.44 bits per heavy atom. The molecule has 0 aliphatic carbocycles. The Hall–Kier alpha value is -4.12. The lowest BCUT2D eigenvalue weighted by molar-refractivity contribution is 0.0207. The number of urea groups is 1. The lowest BCUT2D eigenvalue weighted by atomic mass is 10.1.